The first kappa shape index (κ1) is 15.0. The van der Waals surface area contributed by atoms with Gasteiger partial charge in [0.1, 0.15) is 5.75 Å². The normalized spacial score (nSPS) is 11.6. The molecule has 0 aromatic heterocycles. The van der Waals surface area contributed by atoms with Crippen molar-refractivity contribution in [2.24, 2.45) is 5.73 Å². The molecule has 0 aliphatic rings. The molecule has 1 aromatic rings. The SMILES string of the molecule is Cc1ccc(C)c(OCCCOCC(C)(C)N)c1. The molecule has 1 aromatic carbocycles. The van der Waals surface area contributed by atoms with Gasteiger partial charge in [-0.2, -0.15) is 0 Å². The summed E-state index contributed by atoms with van der Waals surface area (Å²) in [5.74, 6) is 0.967. The fourth-order valence-electron chi connectivity index (χ4n) is 1.54. The number of nitrogens with two attached hydrogens (primary N) is 1. The largest absolute Gasteiger partial charge is 0.493 e. The molecule has 0 heterocycles. The molecule has 3 heteroatoms. The van der Waals surface area contributed by atoms with Gasteiger partial charge >= 0.3 is 0 Å². The maximum Gasteiger partial charge on any atom is 0.122 e. The van der Waals surface area contributed by atoms with Crippen LogP contribution >= 0.6 is 0 Å². The third-order valence-corrected chi connectivity index (χ3v) is 2.51. The summed E-state index contributed by atoms with van der Waals surface area (Å²) in [7, 11) is 0. The van der Waals surface area contributed by atoms with Gasteiger partial charge < -0.3 is 15.2 Å². The van der Waals surface area contributed by atoms with Crippen molar-refractivity contribution < 1.29 is 9.47 Å². The van der Waals surface area contributed by atoms with Crippen molar-refractivity contribution >= 4 is 0 Å². The van der Waals surface area contributed by atoms with E-state index in [1.807, 2.05) is 13.8 Å². The Kier molecular flexibility index (Phi) is 5.63. The second kappa shape index (κ2) is 6.76. The smallest absolute Gasteiger partial charge is 0.122 e. The van der Waals surface area contributed by atoms with Crippen LogP contribution in [0.15, 0.2) is 18.2 Å². The van der Waals surface area contributed by atoms with Crippen LogP contribution in [0.1, 0.15) is 31.4 Å². The Balaban J connectivity index is 2.20. The fourth-order valence-corrected chi connectivity index (χ4v) is 1.54. The molecule has 0 bridgehead atoms. The number of hydrogen-bond donors (Lipinski definition) is 1. The highest BCUT2D eigenvalue weighted by Crippen LogP contribution is 2.19. The van der Waals surface area contributed by atoms with Gasteiger partial charge in [0.15, 0.2) is 0 Å². The van der Waals surface area contributed by atoms with E-state index in [4.69, 9.17) is 15.2 Å². The summed E-state index contributed by atoms with van der Waals surface area (Å²) in [6.45, 7) is 9.98. The topological polar surface area (TPSA) is 44.5 Å². The number of rotatable bonds is 7. The van der Waals surface area contributed by atoms with Crippen molar-refractivity contribution in [3.63, 3.8) is 0 Å². The van der Waals surface area contributed by atoms with E-state index >= 15 is 0 Å². The fraction of sp³-hybridized carbons (Fsp3) is 0.600. The summed E-state index contributed by atoms with van der Waals surface area (Å²) in [6.07, 6.45) is 0.878. The first-order chi connectivity index (χ1) is 8.38. The summed E-state index contributed by atoms with van der Waals surface area (Å²) in [6, 6.07) is 6.24. The van der Waals surface area contributed by atoms with Gasteiger partial charge in [-0.15, -0.1) is 0 Å². The lowest BCUT2D eigenvalue weighted by Crippen LogP contribution is -2.37. The van der Waals surface area contributed by atoms with Crippen LogP contribution in [0.4, 0.5) is 0 Å². The van der Waals surface area contributed by atoms with Crippen LogP contribution in [0.25, 0.3) is 0 Å². The third-order valence-electron chi connectivity index (χ3n) is 2.51. The van der Waals surface area contributed by atoms with Gasteiger partial charge in [0.05, 0.1) is 13.2 Å². The van der Waals surface area contributed by atoms with E-state index in [-0.39, 0.29) is 5.54 Å². The highest BCUT2D eigenvalue weighted by atomic mass is 16.5. The van der Waals surface area contributed by atoms with E-state index in [0.29, 0.717) is 19.8 Å². The van der Waals surface area contributed by atoms with Gasteiger partial charge in [0, 0.05) is 18.6 Å². The Hall–Kier alpha value is -1.06. The van der Waals surface area contributed by atoms with Gasteiger partial charge in [-0.25, -0.2) is 0 Å². The van der Waals surface area contributed by atoms with E-state index < -0.39 is 0 Å². The van der Waals surface area contributed by atoms with E-state index in [1.165, 1.54) is 11.1 Å². The van der Waals surface area contributed by atoms with E-state index in [0.717, 1.165) is 12.2 Å². The molecule has 0 fully saturated rings. The average molecular weight is 251 g/mol. The van der Waals surface area contributed by atoms with Crippen LogP contribution in [0, 0.1) is 13.8 Å². The molecule has 0 spiro atoms. The second-order valence-electron chi connectivity index (χ2n) is 5.51. The quantitative estimate of drug-likeness (QED) is 0.758. The molecule has 2 N–H and O–H groups in total. The Morgan fingerprint density at radius 1 is 1.17 bits per heavy atom. The molecule has 0 radical (unpaired) electrons. The first-order valence-corrected chi connectivity index (χ1v) is 6.45. The van der Waals surface area contributed by atoms with Crippen LogP contribution in [0.5, 0.6) is 5.75 Å². The Morgan fingerprint density at radius 2 is 1.89 bits per heavy atom. The zero-order valence-electron chi connectivity index (χ0n) is 12.0. The van der Waals surface area contributed by atoms with E-state index in [9.17, 15) is 0 Å². The van der Waals surface area contributed by atoms with Crippen LogP contribution in [0.3, 0.4) is 0 Å². The highest BCUT2D eigenvalue weighted by molar-refractivity contribution is 5.35. The van der Waals surface area contributed by atoms with Gasteiger partial charge in [-0.05, 0) is 44.9 Å². The summed E-state index contributed by atoms with van der Waals surface area (Å²) in [5.41, 5.74) is 7.96. The van der Waals surface area contributed by atoms with Crippen molar-refractivity contribution in [2.45, 2.75) is 39.7 Å². The number of aryl methyl sites for hydroxylation is 2. The molecule has 0 aliphatic carbocycles. The lowest BCUT2D eigenvalue weighted by Gasteiger charge is -2.18. The van der Waals surface area contributed by atoms with Crippen LogP contribution < -0.4 is 10.5 Å². The molecule has 0 unspecified atom stereocenters. The van der Waals surface area contributed by atoms with Crippen molar-refractivity contribution in [1.29, 1.82) is 0 Å². The molecule has 1 rings (SSSR count). The zero-order chi connectivity index (χ0) is 13.6. The molecule has 102 valence electrons. The number of benzene rings is 1. The predicted octanol–water partition coefficient (Wildman–Crippen LogP) is 2.83. The number of hydrogen-bond acceptors (Lipinski definition) is 3. The van der Waals surface area contributed by atoms with Crippen molar-refractivity contribution in [2.75, 3.05) is 19.8 Å². The van der Waals surface area contributed by atoms with Crippen molar-refractivity contribution in [3.05, 3.63) is 29.3 Å². The summed E-state index contributed by atoms with van der Waals surface area (Å²) >= 11 is 0. The minimum Gasteiger partial charge on any atom is -0.493 e. The number of ether oxygens (including phenoxy) is 2. The van der Waals surface area contributed by atoms with Gasteiger partial charge in [0.25, 0.3) is 0 Å². The Labute approximate surface area is 110 Å². The summed E-state index contributed by atoms with van der Waals surface area (Å²) in [5, 5.41) is 0. The molecule has 0 saturated carbocycles. The van der Waals surface area contributed by atoms with Gasteiger partial charge in [-0.3, -0.25) is 0 Å². The van der Waals surface area contributed by atoms with Gasteiger partial charge in [0.2, 0.25) is 0 Å². The average Bonchev–Trinajstić information content (AvgIpc) is 2.26. The highest BCUT2D eigenvalue weighted by Gasteiger charge is 2.09. The standard InChI is InChI=1S/C15H25NO2/c1-12-6-7-13(2)14(10-12)18-9-5-8-17-11-15(3,4)16/h6-7,10H,5,8-9,11,16H2,1-4H3. The van der Waals surface area contributed by atoms with Crippen molar-refractivity contribution in [3.8, 4) is 5.75 Å². The maximum absolute atomic E-state index is 5.82. The predicted molar refractivity (Wildman–Crippen MR) is 75.1 cm³/mol. The lowest BCUT2D eigenvalue weighted by atomic mass is 10.1. The lowest BCUT2D eigenvalue weighted by molar-refractivity contribution is 0.0870. The van der Waals surface area contributed by atoms with E-state index in [2.05, 4.69) is 32.0 Å². The second-order valence-corrected chi connectivity index (χ2v) is 5.51. The Bertz CT molecular complexity index is 369. The third kappa shape index (κ3) is 6.03. The molecule has 3 nitrogen and oxygen atoms in total. The van der Waals surface area contributed by atoms with Crippen LogP contribution in [0.2, 0.25) is 0 Å². The van der Waals surface area contributed by atoms with Gasteiger partial charge in [-0.1, -0.05) is 12.1 Å². The molecule has 18 heavy (non-hydrogen) atoms. The van der Waals surface area contributed by atoms with E-state index in [1.54, 1.807) is 0 Å². The molecular weight excluding hydrogens is 226 g/mol. The Morgan fingerprint density at radius 3 is 2.56 bits per heavy atom. The minimum atomic E-state index is -0.256. The maximum atomic E-state index is 5.82. The van der Waals surface area contributed by atoms with Crippen LogP contribution in [-0.4, -0.2) is 25.4 Å². The monoisotopic (exact) mass is 251 g/mol. The minimum absolute atomic E-state index is 0.256. The van der Waals surface area contributed by atoms with Crippen LogP contribution in [-0.2, 0) is 4.74 Å². The molecule has 0 saturated heterocycles. The summed E-state index contributed by atoms with van der Waals surface area (Å²) < 4.78 is 11.2. The molecule has 0 amide bonds. The molecule has 0 atom stereocenters. The zero-order valence-corrected chi connectivity index (χ0v) is 12.0. The molecular formula is C15H25NO2. The first-order valence-electron chi connectivity index (χ1n) is 6.45. The van der Waals surface area contributed by atoms with Crippen molar-refractivity contribution in [1.82, 2.24) is 0 Å². The molecule has 0 aliphatic heterocycles. The summed E-state index contributed by atoms with van der Waals surface area (Å²) in [4.78, 5) is 0.